The first-order valence-electron chi connectivity index (χ1n) is 8.35. The van der Waals surface area contributed by atoms with Crippen LogP contribution in [0.3, 0.4) is 0 Å². The standard InChI is InChI=1S/C19H22FNO3S/c1-25(22,23)17-6-7-19(18(20)12-17)24-13-14-2-4-15(5-3-14)16-8-10-21-11-9-16/h2-7,12,16,21H,8-11,13H2,1H3. The van der Waals surface area contributed by atoms with E-state index in [9.17, 15) is 12.8 Å². The minimum atomic E-state index is -3.42. The number of hydrogen-bond donors (Lipinski definition) is 1. The summed E-state index contributed by atoms with van der Waals surface area (Å²) in [5, 5.41) is 3.36. The quantitative estimate of drug-likeness (QED) is 0.886. The van der Waals surface area contributed by atoms with Crippen LogP contribution in [-0.2, 0) is 16.4 Å². The van der Waals surface area contributed by atoms with E-state index in [4.69, 9.17) is 4.74 Å². The van der Waals surface area contributed by atoms with Crippen LogP contribution in [0.15, 0.2) is 47.4 Å². The van der Waals surface area contributed by atoms with Gasteiger partial charge in [0.15, 0.2) is 21.4 Å². The second-order valence-corrected chi connectivity index (χ2v) is 8.43. The molecule has 0 amide bonds. The maximum absolute atomic E-state index is 14.0. The molecule has 0 aromatic heterocycles. The Balaban J connectivity index is 1.63. The molecule has 0 aliphatic carbocycles. The van der Waals surface area contributed by atoms with E-state index < -0.39 is 15.7 Å². The summed E-state index contributed by atoms with van der Waals surface area (Å²) >= 11 is 0. The van der Waals surface area contributed by atoms with Crippen LogP contribution in [0.4, 0.5) is 4.39 Å². The summed E-state index contributed by atoms with van der Waals surface area (Å²) in [5.74, 6) is -0.0266. The summed E-state index contributed by atoms with van der Waals surface area (Å²) in [5.41, 5.74) is 2.28. The highest BCUT2D eigenvalue weighted by molar-refractivity contribution is 7.90. The average Bonchev–Trinajstić information content (AvgIpc) is 2.61. The zero-order valence-electron chi connectivity index (χ0n) is 14.2. The second kappa shape index (κ2) is 7.54. The molecule has 2 aromatic carbocycles. The summed E-state index contributed by atoms with van der Waals surface area (Å²) in [6.07, 6.45) is 3.34. The maximum atomic E-state index is 14.0. The Morgan fingerprint density at radius 1 is 1.12 bits per heavy atom. The van der Waals surface area contributed by atoms with Crippen LogP contribution in [0.25, 0.3) is 0 Å². The maximum Gasteiger partial charge on any atom is 0.175 e. The van der Waals surface area contributed by atoms with Gasteiger partial charge in [0.25, 0.3) is 0 Å². The van der Waals surface area contributed by atoms with Crippen molar-refractivity contribution in [1.82, 2.24) is 5.32 Å². The molecule has 1 fully saturated rings. The van der Waals surface area contributed by atoms with E-state index >= 15 is 0 Å². The minimum Gasteiger partial charge on any atom is -0.486 e. The van der Waals surface area contributed by atoms with E-state index in [1.807, 2.05) is 12.1 Å². The number of nitrogens with one attached hydrogen (secondary N) is 1. The van der Waals surface area contributed by atoms with Crippen LogP contribution >= 0.6 is 0 Å². The monoisotopic (exact) mass is 363 g/mol. The van der Waals surface area contributed by atoms with Gasteiger partial charge in [0.1, 0.15) is 6.61 Å². The third kappa shape index (κ3) is 4.58. The van der Waals surface area contributed by atoms with Crippen LogP contribution in [0.5, 0.6) is 5.75 Å². The first kappa shape index (κ1) is 17.9. The third-order valence-electron chi connectivity index (χ3n) is 4.52. The molecule has 1 saturated heterocycles. The number of rotatable bonds is 5. The van der Waals surface area contributed by atoms with Crippen LogP contribution in [0.1, 0.15) is 29.9 Å². The lowest BCUT2D eigenvalue weighted by Crippen LogP contribution is -2.26. The Morgan fingerprint density at radius 2 is 1.80 bits per heavy atom. The smallest absolute Gasteiger partial charge is 0.175 e. The molecule has 1 N–H and O–H groups in total. The molecule has 0 radical (unpaired) electrons. The first-order valence-corrected chi connectivity index (χ1v) is 10.2. The summed E-state index contributed by atoms with van der Waals surface area (Å²) in [6.45, 7) is 2.35. The van der Waals surface area contributed by atoms with Crippen molar-refractivity contribution < 1.29 is 17.5 Å². The second-order valence-electron chi connectivity index (χ2n) is 6.42. The summed E-state index contributed by atoms with van der Waals surface area (Å²) in [7, 11) is -3.42. The van der Waals surface area contributed by atoms with Crippen LogP contribution < -0.4 is 10.1 Å². The highest BCUT2D eigenvalue weighted by atomic mass is 32.2. The van der Waals surface area contributed by atoms with Gasteiger partial charge in [0.2, 0.25) is 0 Å². The highest BCUT2D eigenvalue weighted by Crippen LogP contribution is 2.26. The van der Waals surface area contributed by atoms with Crippen molar-refractivity contribution in [1.29, 1.82) is 0 Å². The van der Waals surface area contributed by atoms with Gasteiger partial charge in [-0.1, -0.05) is 24.3 Å². The van der Waals surface area contributed by atoms with E-state index in [1.54, 1.807) is 0 Å². The average molecular weight is 363 g/mol. The molecule has 2 aromatic rings. The molecule has 1 aliphatic heterocycles. The number of halogens is 1. The van der Waals surface area contributed by atoms with Gasteiger partial charge < -0.3 is 10.1 Å². The van der Waals surface area contributed by atoms with Crippen molar-refractivity contribution in [2.75, 3.05) is 19.3 Å². The van der Waals surface area contributed by atoms with Gasteiger partial charge in [-0.15, -0.1) is 0 Å². The number of ether oxygens (including phenoxy) is 1. The number of hydrogen-bond acceptors (Lipinski definition) is 4. The van der Waals surface area contributed by atoms with E-state index in [-0.39, 0.29) is 17.3 Å². The van der Waals surface area contributed by atoms with Crippen LogP contribution in [0.2, 0.25) is 0 Å². The molecule has 3 rings (SSSR count). The minimum absolute atomic E-state index is 0.0508. The van der Waals surface area contributed by atoms with Gasteiger partial charge in [0.05, 0.1) is 4.90 Å². The Hall–Kier alpha value is -1.92. The predicted octanol–water partition coefficient (Wildman–Crippen LogP) is 3.28. The molecule has 1 heterocycles. The molecule has 4 nitrogen and oxygen atoms in total. The Labute approximate surface area is 147 Å². The summed E-state index contributed by atoms with van der Waals surface area (Å²) in [6, 6.07) is 11.9. The van der Waals surface area contributed by atoms with E-state index in [0.717, 1.165) is 43.8 Å². The lowest BCUT2D eigenvalue weighted by atomic mass is 9.90. The van der Waals surface area contributed by atoms with Crippen molar-refractivity contribution in [2.45, 2.75) is 30.3 Å². The zero-order chi connectivity index (χ0) is 17.9. The predicted molar refractivity (Wildman–Crippen MR) is 95.1 cm³/mol. The van der Waals surface area contributed by atoms with Crippen molar-refractivity contribution >= 4 is 9.84 Å². The largest absolute Gasteiger partial charge is 0.486 e. The highest BCUT2D eigenvalue weighted by Gasteiger charge is 2.15. The van der Waals surface area contributed by atoms with E-state index in [2.05, 4.69) is 17.4 Å². The SMILES string of the molecule is CS(=O)(=O)c1ccc(OCc2ccc(C3CCNCC3)cc2)c(F)c1. The van der Waals surface area contributed by atoms with Crippen molar-refractivity contribution in [3.63, 3.8) is 0 Å². The summed E-state index contributed by atoms with van der Waals surface area (Å²) in [4.78, 5) is -0.0522. The fourth-order valence-electron chi connectivity index (χ4n) is 3.03. The van der Waals surface area contributed by atoms with Crippen molar-refractivity contribution in [2.24, 2.45) is 0 Å². The van der Waals surface area contributed by atoms with Gasteiger partial charge in [0, 0.05) is 6.26 Å². The van der Waals surface area contributed by atoms with E-state index in [0.29, 0.717) is 5.92 Å². The fourth-order valence-corrected chi connectivity index (χ4v) is 3.66. The van der Waals surface area contributed by atoms with Gasteiger partial charge in [-0.05, 0) is 61.2 Å². The van der Waals surface area contributed by atoms with Crippen LogP contribution in [0, 0.1) is 5.82 Å². The lowest BCUT2D eigenvalue weighted by Gasteiger charge is -2.23. The van der Waals surface area contributed by atoms with Crippen molar-refractivity contribution in [3.8, 4) is 5.75 Å². The molecule has 1 aliphatic rings. The molecule has 0 bridgehead atoms. The number of sulfone groups is 1. The number of benzene rings is 2. The van der Waals surface area contributed by atoms with Gasteiger partial charge in [-0.2, -0.15) is 0 Å². The molecule has 0 spiro atoms. The Kier molecular flexibility index (Phi) is 5.39. The van der Waals surface area contributed by atoms with E-state index in [1.165, 1.54) is 17.7 Å². The molecule has 0 atom stereocenters. The number of piperidine rings is 1. The molecule has 0 saturated carbocycles. The lowest BCUT2D eigenvalue weighted by molar-refractivity contribution is 0.290. The van der Waals surface area contributed by atoms with Gasteiger partial charge >= 0.3 is 0 Å². The Morgan fingerprint density at radius 3 is 2.40 bits per heavy atom. The molecule has 6 heteroatoms. The Bertz CT molecular complexity index is 828. The van der Waals surface area contributed by atoms with Gasteiger partial charge in [-0.3, -0.25) is 0 Å². The molecular formula is C19H22FNO3S. The molecule has 0 unspecified atom stereocenters. The third-order valence-corrected chi connectivity index (χ3v) is 5.63. The topological polar surface area (TPSA) is 55.4 Å². The zero-order valence-corrected chi connectivity index (χ0v) is 15.0. The molecule has 25 heavy (non-hydrogen) atoms. The van der Waals surface area contributed by atoms with Crippen LogP contribution in [-0.4, -0.2) is 27.8 Å². The summed E-state index contributed by atoms with van der Waals surface area (Å²) < 4.78 is 42.3. The molecular weight excluding hydrogens is 341 g/mol. The molecule has 134 valence electrons. The van der Waals surface area contributed by atoms with Gasteiger partial charge in [-0.25, -0.2) is 12.8 Å². The first-order chi connectivity index (χ1) is 11.9. The van der Waals surface area contributed by atoms with Crippen molar-refractivity contribution in [3.05, 3.63) is 59.4 Å². The normalized spacial score (nSPS) is 15.9. The fraction of sp³-hybridized carbons (Fsp3) is 0.368.